The Morgan fingerprint density at radius 3 is 2.58 bits per heavy atom. The lowest BCUT2D eigenvalue weighted by Crippen LogP contribution is -2.20. The van der Waals surface area contributed by atoms with E-state index in [0.717, 1.165) is 18.9 Å². The second-order valence-electron chi connectivity index (χ2n) is 4.66. The van der Waals surface area contributed by atoms with Crippen molar-refractivity contribution in [3.8, 4) is 11.4 Å². The average molecular weight is 257 g/mol. The van der Waals surface area contributed by atoms with Crippen molar-refractivity contribution < 1.29 is 5.11 Å². The summed E-state index contributed by atoms with van der Waals surface area (Å²) in [5.74, 6) is 0.927. The van der Waals surface area contributed by atoms with Crippen LogP contribution in [0.5, 0.6) is 5.75 Å². The number of rotatable bonds is 2. The average Bonchev–Trinajstić information content (AvgIpc) is 2.93. The maximum Gasteiger partial charge on any atom is 0.258 e. The van der Waals surface area contributed by atoms with Crippen LogP contribution in [0.4, 0.5) is 5.82 Å². The Kier molecular flexibility index (Phi) is 2.95. The van der Waals surface area contributed by atoms with Gasteiger partial charge in [0.05, 0.1) is 11.9 Å². The highest BCUT2D eigenvalue weighted by Crippen LogP contribution is 2.18. The Labute approximate surface area is 110 Å². The van der Waals surface area contributed by atoms with Gasteiger partial charge in [-0.05, 0) is 31.0 Å². The van der Waals surface area contributed by atoms with Crippen LogP contribution in [-0.2, 0) is 0 Å². The molecule has 1 saturated heterocycles. The summed E-state index contributed by atoms with van der Waals surface area (Å²) < 4.78 is 1.46. The number of aromatic nitrogens is 2. The molecule has 5 nitrogen and oxygen atoms in total. The molecule has 1 aliphatic heterocycles. The van der Waals surface area contributed by atoms with E-state index in [9.17, 15) is 9.90 Å². The van der Waals surface area contributed by atoms with Crippen LogP contribution in [0.3, 0.4) is 0 Å². The molecular weight excluding hydrogens is 242 g/mol. The zero-order valence-electron chi connectivity index (χ0n) is 10.5. The lowest BCUT2D eigenvalue weighted by Gasteiger charge is -2.16. The first-order valence-electron chi connectivity index (χ1n) is 6.37. The molecule has 0 saturated carbocycles. The standard InChI is InChI=1S/C14H15N3O2/c18-12-5-8-17(14(19)9-12)11-3-4-13(15-10-11)16-6-1-2-7-16/h3-5,8-10,18H,1-2,6-7H2. The molecule has 98 valence electrons. The fraction of sp³-hybridized carbons (Fsp3) is 0.286. The van der Waals surface area contributed by atoms with Gasteiger partial charge in [0.2, 0.25) is 0 Å². The van der Waals surface area contributed by atoms with E-state index in [0.29, 0.717) is 5.69 Å². The van der Waals surface area contributed by atoms with E-state index in [1.54, 1.807) is 12.4 Å². The summed E-state index contributed by atoms with van der Waals surface area (Å²) in [4.78, 5) is 18.4. The van der Waals surface area contributed by atoms with Gasteiger partial charge in [0.15, 0.2) is 0 Å². The van der Waals surface area contributed by atoms with E-state index in [2.05, 4.69) is 9.88 Å². The molecule has 0 aromatic carbocycles. The van der Waals surface area contributed by atoms with E-state index >= 15 is 0 Å². The topological polar surface area (TPSA) is 58.4 Å². The van der Waals surface area contributed by atoms with Gasteiger partial charge in [-0.1, -0.05) is 0 Å². The fourth-order valence-corrected chi connectivity index (χ4v) is 2.34. The van der Waals surface area contributed by atoms with Gasteiger partial charge in [0.1, 0.15) is 11.6 Å². The zero-order valence-corrected chi connectivity index (χ0v) is 10.5. The van der Waals surface area contributed by atoms with Crippen molar-refractivity contribution in [2.75, 3.05) is 18.0 Å². The molecule has 1 fully saturated rings. The second kappa shape index (κ2) is 4.76. The number of pyridine rings is 2. The van der Waals surface area contributed by atoms with Gasteiger partial charge in [-0.15, -0.1) is 0 Å². The van der Waals surface area contributed by atoms with Gasteiger partial charge in [-0.2, -0.15) is 0 Å². The van der Waals surface area contributed by atoms with Crippen molar-refractivity contribution in [3.05, 3.63) is 47.0 Å². The lowest BCUT2D eigenvalue weighted by molar-refractivity contribution is 0.473. The Bertz CT molecular complexity index is 628. The third-order valence-corrected chi connectivity index (χ3v) is 3.34. The minimum atomic E-state index is -0.268. The molecule has 1 N–H and O–H groups in total. The third-order valence-electron chi connectivity index (χ3n) is 3.34. The summed E-state index contributed by atoms with van der Waals surface area (Å²) in [6, 6.07) is 6.48. The molecule has 3 heterocycles. The molecule has 0 radical (unpaired) electrons. The molecule has 0 aliphatic carbocycles. The first-order valence-corrected chi connectivity index (χ1v) is 6.37. The third kappa shape index (κ3) is 2.31. The van der Waals surface area contributed by atoms with E-state index in [1.165, 1.54) is 29.5 Å². The highest BCUT2D eigenvalue weighted by Gasteiger charge is 2.13. The number of anilines is 1. The van der Waals surface area contributed by atoms with E-state index < -0.39 is 0 Å². The van der Waals surface area contributed by atoms with Gasteiger partial charge >= 0.3 is 0 Å². The maximum atomic E-state index is 11.7. The minimum absolute atomic E-state index is 0.0251. The van der Waals surface area contributed by atoms with Crippen LogP contribution < -0.4 is 10.5 Å². The molecular formula is C14H15N3O2. The first kappa shape index (κ1) is 11.8. The van der Waals surface area contributed by atoms with Crippen LogP contribution in [0, 0.1) is 0 Å². The summed E-state index contributed by atoms with van der Waals surface area (Å²) in [5, 5.41) is 9.24. The van der Waals surface area contributed by atoms with Gasteiger partial charge in [-0.25, -0.2) is 4.98 Å². The number of aromatic hydroxyl groups is 1. The second-order valence-corrected chi connectivity index (χ2v) is 4.66. The number of hydrogen-bond acceptors (Lipinski definition) is 4. The van der Waals surface area contributed by atoms with Crippen LogP contribution >= 0.6 is 0 Å². The first-order chi connectivity index (χ1) is 9.24. The smallest absolute Gasteiger partial charge is 0.258 e. The summed E-state index contributed by atoms with van der Waals surface area (Å²) >= 11 is 0. The summed E-state index contributed by atoms with van der Waals surface area (Å²) in [7, 11) is 0. The molecule has 0 unspecified atom stereocenters. The van der Waals surface area contributed by atoms with E-state index in [-0.39, 0.29) is 11.3 Å². The SMILES string of the molecule is O=c1cc(O)ccn1-c1ccc(N2CCCC2)nc1. The van der Waals surface area contributed by atoms with Crippen LogP contribution in [0.15, 0.2) is 41.5 Å². The van der Waals surface area contributed by atoms with Crippen molar-refractivity contribution in [3.63, 3.8) is 0 Å². The van der Waals surface area contributed by atoms with Crippen molar-refractivity contribution in [1.29, 1.82) is 0 Å². The molecule has 3 rings (SSSR count). The Hall–Kier alpha value is -2.30. The van der Waals surface area contributed by atoms with E-state index in [1.807, 2.05) is 12.1 Å². The largest absolute Gasteiger partial charge is 0.508 e. The van der Waals surface area contributed by atoms with Crippen LogP contribution in [0.2, 0.25) is 0 Å². The highest BCUT2D eigenvalue weighted by atomic mass is 16.3. The normalized spacial score (nSPS) is 14.8. The van der Waals surface area contributed by atoms with Crippen molar-refractivity contribution >= 4 is 5.82 Å². The summed E-state index contributed by atoms with van der Waals surface area (Å²) in [6.07, 6.45) is 5.65. The van der Waals surface area contributed by atoms with Gasteiger partial charge in [0, 0.05) is 25.4 Å². The Morgan fingerprint density at radius 2 is 1.95 bits per heavy atom. The monoisotopic (exact) mass is 257 g/mol. The van der Waals surface area contributed by atoms with Crippen molar-refractivity contribution in [2.45, 2.75) is 12.8 Å². The predicted molar refractivity (Wildman–Crippen MR) is 72.9 cm³/mol. The van der Waals surface area contributed by atoms with E-state index in [4.69, 9.17) is 0 Å². The summed E-state index contributed by atoms with van der Waals surface area (Å²) in [5.41, 5.74) is 0.434. The molecule has 19 heavy (non-hydrogen) atoms. The van der Waals surface area contributed by atoms with Gasteiger partial charge < -0.3 is 10.0 Å². The Balaban J connectivity index is 1.91. The quantitative estimate of drug-likeness (QED) is 0.886. The molecule has 0 bridgehead atoms. The molecule has 0 spiro atoms. The Morgan fingerprint density at radius 1 is 1.16 bits per heavy atom. The number of hydrogen-bond donors (Lipinski definition) is 1. The molecule has 0 atom stereocenters. The predicted octanol–water partition coefficient (Wildman–Crippen LogP) is 1.54. The maximum absolute atomic E-state index is 11.7. The van der Waals surface area contributed by atoms with Gasteiger partial charge in [0.25, 0.3) is 5.56 Å². The van der Waals surface area contributed by atoms with Crippen LogP contribution in [0.25, 0.3) is 5.69 Å². The van der Waals surface area contributed by atoms with Gasteiger partial charge in [-0.3, -0.25) is 9.36 Å². The van der Waals surface area contributed by atoms with Crippen LogP contribution in [0.1, 0.15) is 12.8 Å². The highest BCUT2D eigenvalue weighted by molar-refractivity contribution is 5.44. The summed E-state index contributed by atoms with van der Waals surface area (Å²) in [6.45, 7) is 2.09. The molecule has 5 heteroatoms. The minimum Gasteiger partial charge on any atom is -0.508 e. The molecule has 0 amide bonds. The van der Waals surface area contributed by atoms with Crippen LogP contribution in [-0.4, -0.2) is 27.7 Å². The fourth-order valence-electron chi connectivity index (χ4n) is 2.34. The lowest BCUT2D eigenvalue weighted by atomic mass is 10.3. The van der Waals surface area contributed by atoms with Crippen molar-refractivity contribution in [1.82, 2.24) is 9.55 Å². The number of nitrogens with zero attached hydrogens (tertiary/aromatic N) is 3. The van der Waals surface area contributed by atoms with Crippen molar-refractivity contribution in [2.24, 2.45) is 0 Å². The zero-order chi connectivity index (χ0) is 13.2. The molecule has 2 aromatic rings. The molecule has 2 aromatic heterocycles. The molecule has 1 aliphatic rings.